The van der Waals surface area contributed by atoms with Crippen LogP contribution < -0.4 is 10.2 Å². The number of hydrogen-bond donors (Lipinski definition) is 0. The van der Waals surface area contributed by atoms with Crippen molar-refractivity contribution in [2.75, 3.05) is 20.3 Å². The lowest BCUT2D eigenvalue weighted by atomic mass is 10.1. The van der Waals surface area contributed by atoms with E-state index >= 15 is 0 Å². The Kier molecular flexibility index (Phi) is 5.57. The third-order valence-electron chi connectivity index (χ3n) is 3.39. The van der Waals surface area contributed by atoms with Gasteiger partial charge in [0, 0.05) is 6.20 Å². The van der Waals surface area contributed by atoms with E-state index in [2.05, 4.69) is 0 Å². The van der Waals surface area contributed by atoms with Crippen LogP contribution in [0.5, 0.6) is 5.75 Å². The molecule has 128 valence electrons. The molecule has 2 aromatic rings. The van der Waals surface area contributed by atoms with Crippen molar-refractivity contribution in [3.05, 3.63) is 40.2 Å². The number of carbonyl (C=O) groups is 2. The lowest BCUT2D eigenvalue weighted by Crippen LogP contribution is -2.23. The molecule has 0 aliphatic heterocycles. The van der Waals surface area contributed by atoms with Gasteiger partial charge in [-0.3, -0.25) is 9.59 Å². The Morgan fingerprint density at radius 1 is 1.12 bits per heavy atom. The molecule has 1 aromatic carbocycles. The van der Waals surface area contributed by atoms with E-state index in [4.69, 9.17) is 14.2 Å². The van der Waals surface area contributed by atoms with Gasteiger partial charge in [0.15, 0.2) is 0 Å². The second kappa shape index (κ2) is 7.63. The van der Waals surface area contributed by atoms with Crippen molar-refractivity contribution in [2.24, 2.45) is 0 Å². The third-order valence-corrected chi connectivity index (χ3v) is 3.39. The van der Waals surface area contributed by atoms with E-state index in [0.717, 1.165) is 0 Å². The van der Waals surface area contributed by atoms with Crippen LogP contribution in [-0.2, 0) is 20.8 Å². The normalized spacial score (nSPS) is 10.5. The Balaban J connectivity index is 2.65. The summed E-state index contributed by atoms with van der Waals surface area (Å²) in [5.74, 6) is -0.721. The Morgan fingerprint density at radius 3 is 2.46 bits per heavy atom. The van der Waals surface area contributed by atoms with Crippen LogP contribution in [0.3, 0.4) is 0 Å². The van der Waals surface area contributed by atoms with Crippen LogP contribution in [0.2, 0.25) is 0 Å². The highest BCUT2D eigenvalue weighted by Crippen LogP contribution is 2.19. The molecule has 0 atom stereocenters. The second-order valence-corrected chi connectivity index (χ2v) is 4.91. The number of esters is 2. The number of carbonyl (C=O) groups excluding carboxylic acids is 2. The fourth-order valence-electron chi connectivity index (χ4n) is 2.33. The highest BCUT2D eigenvalue weighted by Gasteiger charge is 2.18. The van der Waals surface area contributed by atoms with Gasteiger partial charge in [0.2, 0.25) is 5.43 Å². The predicted molar refractivity (Wildman–Crippen MR) is 87.3 cm³/mol. The van der Waals surface area contributed by atoms with Crippen molar-refractivity contribution in [3.8, 4) is 5.75 Å². The summed E-state index contributed by atoms with van der Waals surface area (Å²) in [7, 11) is 1.48. The van der Waals surface area contributed by atoms with Crippen LogP contribution >= 0.6 is 0 Å². The first-order valence-electron chi connectivity index (χ1n) is 7.55. The average molecular weight is 333 g/mol. The van der Waals surface area contributed by atoms with Gasteiger partial charge < -0.3 is 18.8 Å². The second-order valence-electron chi connectivity index (χ2n) is 4.91. The van der Waals surface area contributed by atoms with E-state index in [1.165, 1.54) is 23.9 Å². The van der Waals surface area contributed by atoms with Gasteiger partial charge in [0.05, 0.1) is 31.2 Å². The van der Waals surface area contributed by atoms with Crippen LogP contribution in [0.15, 0.2) is 29.2 Å². The summed E-state index contributed by atoms with van der Waals surface area (Å²) in [6.07, 6.45) is 1.33. The van der Waals surface area contributed by atoms with Crippen LogP contribution in [-0.4, -0.2) is 36.8 Å². The number of hydrogen-bond acceptors (Lipinski definition) is 6. The molecule has 7 nitrogen and oxygen atoms in total. The quantitative estimate of drug-likeness (QED) is 0.749. The van der Waals surface area contributed by atoms with E-state index in [1.54, 1.807) is 26.0 Å². The first kappa shape index (κ1) is 17.5. The Hall–Kier alpha value is -2.83. The van der Waals surface area contributed by atoms with Crippen LogP contribution in [0.25, 0.3) is 10.9 Å². The number of rotatable bonds is 6. The molecule has 7 heteroatoms. The summed E-state index contributed by atoms with van der Waals surface area (Å²) in [4.78, 5) is 36.4. The maximum absolute atomic E-state index is 12.6. The molecule has 0 unspecified atom stereocenters. The number of methoxy groups -OCH3 is 1. The number of pyridine rings is 1. The minimum absolute atomic E-state index is 0.122. The molecule has 24 heavy (non-hydrogen) atoms. The molecule has 1 aromatic heterocycles. The summed E-state index contributed by atoms with van der Waals surface area (Å²) in [6, 6.07) is 4.86. The van der Waals surface area contributed by atoms with Crippen LogP contribution in [0.4, 0.5) is 0 Å². The lowest BCUT2D eigenvalue weighted by Gasteiger charge is -2.13. The van der Waals surface area contributed by atoms with Crippen molar-refractivity contribution in [3.63, 3.8) is 0 Å². The van der Waals surface area contributed by atoms with Crippen molar-refractivity contribution in [2.45, 2.75) is 20.4 Å². The number of fused-ring (bicyclic) bond motifs is 1. The fraction of sp³-hybridized carbons (Fsp3) is 0.353. The van der Waals surface area contributed by atoms with E-state index in [-0.39, 0.29) is 30.7 Å². The summed E-state index contributed by atoms with van der Waals surface area (Å²) in [6.45, 7) is 3.63. The molecular formula is C17H19NO6. The van der Waals surface area contributed by atoms with Gasteiger partial charge in [-0.25, -0.2) is 4.79 Å². The molecule has 1 heterocycles. The first-order chi connectivity index (χ1) is 11.5. The van der Waals surface area contributed by atoms with Gasteiger partial charge in [0.25, 0.3) is 0 Å². The molecule has 0 aliphatic carbocycles. The summed E-state index contributed by atoms with van der Waals surface area (Å²) in [5.41, 5.74) is -0.105. The highest BCUT2D eigenvalue weighted by molar-refractivity contribution is 5.94. The SMILES string of the molecule is CCOC(=O)Cn1cc(C(=O)OCC)c(=O)c2cc(OC)ccc21. The Morgan fingerprint density at radius 2 is 1.83 bits per heavy atom. The summed E-state index contributed by atoms with van der Waals surface area (Å²) >= 11 is 0. The number of benzene rings is 1. The number of ether oxygens (including phenoxy) is 3. The molecule has 0 fully saturated rings. The van der Waals surface area contributed by atoms with Gasteiger partial charge in [-0.05, 0) is 32.0 Å². The number of nitrogens with zero attached hydrogens (tertiary/aromatic N) is 1. The predicted octanol–water partition coefficient (Wildman–Crippen LogP) is 1.75. The topological polar surface area (TPSA) is 83.8 Å². The smallest absolute Gasteiger partial charge is 0.343 e. The van der Waals surface area contributed by atoms with E-state index in [0.29, 0.717) is 11.3 Å². The maximum atomic E-state index is 12.6. The zero-order valence-electron chi connectivity index (χ0n) is 13.8. The van der Waals surface area contributed by atoms with Gasteiger partial charge in [-0.1, -0.05) is 0 Å². The minimum Gasteiger partial charge on any atom is -0.497 e. The average Bonchev–Trinajstić information content (AvgIpc) is 2.57. The molecular weight excluding hydrogens is 314 g/mol. The monoisotopic (exact) mass is 333 g/mol. The van der Waals surface area contributed by atoms with Crippen molar-refractivity contribution in [1.29, 1.82) is 0 Å². The molecule has 0 spiro atoms. The Bertz CT molecular complexity index is 824. The zero-order chi connectivity index (χ0) is 17.7. The van der Waals surface area contributed by atoms with Crippen molar-refractivity contribution < 1.29 is 23.8 Å². The standard InChI is InChI=1S/C17H19NO6/c1-4-23-15(19)10-18-9-13(17(21)24-5-2)16(20)12-8-11(22-3)6-7-14(12)18/h6-9H,4-5,10H2,1-3H3. The highest BCUT2D eigenvalue weighted by atomic mass is 16.5. The largest absolute Gasteiger partial charge is 0.497 e. The third kappa shape index (κ3) is 3.56. The van der Waals surface area contributed by atoms with E-state index in [9.17, 15) is 14.4 Å². The molecule has 0 bridgehead atoms. The molecule has 0 saturated carbocycles. The molecule has 0 saturated heterocycles. The zero-order valence-corrected chi connectivity index (χ0v) is 13.8. The lowest BCUT2D eigenvalue weighted by molar-refractivity contribution is -0.143. The van der Waals surface area contributed by atoms with Gasteiger partial charge in [-0.15, -0.1) is 0 Å². The van der Waals surface area contributed by atoms with Gasteiger partial charge in [0.1, 0.15) is 17.9 Å². The van der Waals surface area contributed by atoms with Crippen LogP contribution in [0, 0.1) is 0 Å². The molecule has 0 N–H and O–H groups in total. The van der Waals surface area contributed by atoms with E-state index < -0.39 is 17.4 Å². The van der Waals surface area contributed by atoms with Gasteiger partial charge in [-0.2, -0.15) is 0 Å². The maximum Gasteiger partial charge on any atom is 0.343 e. The fourth-order valence-corrected chi connectivity index (χ4v) is 2.33. The van der Waals surface area contributed by atoms with Crippen molar-refractivity contribution in [1.82, 2.24) is 4.57 Å². The molecule has 0 aliphatic rings. The minimum atomic E-state index is -0.732. The molecule has 0 amide bonds. The van der Waals surface area contributed by atoms with Crippen molar-refractivity contribution >= 4 is 22.8 Å². The number of aromatic nitrogens is 1. The van der Waals surface area contributed by atoms with Gasteiger partial charge >= 0.3 is 11.9 Å². The summed E-state index contributed by atoms with van der Waals surface area (Å²) < 4.78 is 16.5. The van der Waals surface area contributed by atoms with E-state index in [1.807, 2.05) is 0 Å². The Labute approximate surface area is 138 Å². The first-order valence-corrected chi connectivity index (χ1v) is 7.55. The summed E-state index contributed by atoms with van der Waals surface area (Å²) in [5, 5.41) is 0.268. The van der Waals surface area contributed by atoms with Crippen LogP contribution in [0.1, 0.15) is 24.2 Å². The molecule has 0 radical (unpaired) electrons. The molecule has 2 rings (SSSR count).